The summed E-state index contributed by atoms with van der Waals surface area (Å²) >= 11 is 0. The Hall–Kier alpha value is -1.06. The molecule has 0 aliphatic heterocycles. The first-order valence-corrected chi connectivity index (χ1v) is 11.9. The van der Waals surface area contributed by atoms with E-state index in [-0.39, 0.29) is 23.8 Å². The summed E-state index contributed by atoms with van der Waals surface area (Å²) in [4.78, 5) is 25.4. The maximum absolute atomic E-state index is 12.7. The Bertz CT molecular complexity index is 394. The van der Waals surface area contributed by atoms with Gasteiger partial charge < -0.3 is 9.47 Å². The molecule has 0 aromatic rings. The van der Waals surface area contributed by atoms with Gasteiger partial charge in [-0.1, -0.05) is 79.1 Å². The minimum absolute atomic E-state index is 0.186. The van der Waals surface area contributed by atoms with Crippen molar-refractivity contribution in [3.05, 3.63) is 0 Å². The highest BCUT2D eigenvalue weighted by Crippen LogP contribution is 2.32. The first-order valence-electron chi connectivity index (χ1n) is 11.9. The van der Waals surface area contributed by atoms with Gasteiger partial charge in [0.1, 0.15) is 0 Å². The molecule has 0 aromatic carbocycles. The molecule has 0 saturated heterocycles. The van der Waals surface area contributed by atoms with Crippen molar-refractivity contribution in [2.24, 2.45) is 23.7 Å². The average Bonchev–Trinajstić information content (AvgIpc) is 2.73. The van der Waals surface area contributed by atoms with Crippen LogP contribution in [0.25, 0.3) is 0 Å². The molecule has 0 spiro atoms. The van der Waals surface area contributed by atoms with Crippen LogP contribution in [0.5, 0.6) is 0 Å². The number of hydrogen-bond acceptors (Lipinski definition) is 4. The molecule has 1 fully saturated rings. The van der Waals surface area contributed by atoms with Crippen molar-refractivity contribution in [3.63, 3.8) is 0 Å². The molecule has 1 rings (SSSR count). The smallest absolute Gasteiger partial charge is 0.309 e. The van der Waals surface area contributed by atoms with E-state index in [0.29, 0.717) is 25.0 Å². The molecule has 4 nitrogen and oxygen atoms in total. The van der Waals surface area contributed by atoms with Gasteiger partial charge in [0.05, 0.1) is 25.0 Å². The Labute approximate surface area is 173 Å². The molecule has 28 heavy (non-hydrogen) atoms. The fraction of sp³-hybridized carbons (Fsp3) is 0.917. The molecule has 1 saturated carbocycles. The predicted octanol–water partition coefficient (Wildman–Crippen LogP) is 6.31. The van der Waals surface area contributed by atoms with Crippen molar-refractivity contribution in [3.8, 4) is 0 Å². The van der Waals surface area contributed by atoms with Crippen molar-refractivity contribution in [2.75, 3.05) is 13.2 Å². The monoisotopic (exact) mass is 396 g/mol. The van der Waals surface area contributed by atoms with Crippen LogP contribution >= 0.6 is 0 Å². The van der Waals surface area contributed by atoms with E-state index in [9.17, 15) is 9.59 Å². The minimum Gasteiger partial charge on any atom is -0.465 e. The van der Waals surface area contributed by atoms with E-state index in [1.807, 2.05) is 0 Å². The fourth-order valence-electron chi connectivity index (χ4n) is 4.11. The predicted molar refractivity (Wildman–Crippen MR) is 114 cm³/mol. The number of carbonyl (C=O) groups excluding carboxylic acids is 2. The van der Waals surface area contributed by atoms with E-state index < -0.39 is 0 Å². The molecule has 0 radical (unpaired) electrons. The summed E-state index contributed by atoms with van der Waals surface area (Å²) < 4.78 is 11.3. The molecule has 4 atom stereocenters. The van der Waals surface area contributed by atoms with Gasteiger partial charge in [-0.3, -0.25) is 9.59 Å². The van der Waals surface area contributed by atoms with Crippen molar-refractivity contribution in [1.82, 2.24) is 0 Å². The standard InChI is InChI=1S/C24H44O4/c1-5-9-13-19(7-3)17-27-23(25)21-15-11-12-16-22(21)24(26)28-18-20(8-4)14-10-6-2/h19-22H,5-18H2,1-4H3/t19?,20?,21-,22-/m0/s1. The van der Waals surface area contributed by atoms with Gasteiger partial charge in [0.15, 0.2) is 0 Å². The Balaban J connectivity index is 2.54. The van der Waals surface area contributed by atoms with Gasteiger partial charge in [-0.25, -0.2) is 0 Å². The molecule has 0 heterocycles. The van der Waals surface area contributed by atoms with Gasteiger partial charge in [-0.15, -0.1) is 0 Å². The van der Waals surface area contributed by atoms with E-state index in [4.69, 9.17) is 9.47 Å². The zero-order chi connectivity index (χ0) is 20.8. The normalized spacial score (nSPS) is 21.7. The quantitative estimate of drug-likeness (QED) is 0.323. The number of hydrogen-bond donors (Lipinski definition) is 0. The number of ether oxygens (including phenoxy) is 2. The lowest BCUT2D eigenvalue weighted by Crippen LogP contribution is -2.36. The number of carbonyl (C=O) groups is 2. The van der Waals surface area contributed by atoms with Crippen LogP contribution in [-0.2, 0) is 19.1 Å². The number of esters is 2. The second-order valence-electron chi connectivity index (χ2n) is 8.59. The fourth-order valence-corrected chi connectivity index (χ4v) is 4.11. The first kappa shape index (κ1) is 25.0. The third-order valence-electron chi connectivity index (χ3n) is 6.38. The van der Waals surface area contributed by atoms with Gasteiger partial charge in [-0.05, 0) is 37.5 Å². The summed E-state index contributed by atoms with van der Waals surface area (Å²) in [5, 5.41) is 0. The zero-order valence-electron chi connectivity index (χ0n) is 18.8. The van der Waals surface area contributed by atoms with Crippen LogP contribution in [0.2, 0.25) is 0 Å². The lowest BCUT2D eigenvalue weighted by Gasteiger charge is -2.29. The Morgan fingerprint density at radius 2 is 1.14 bits per heavy atom. The summed E-state index contributed by atoms with van der Waals surface area (Å²) in [5.74, 6) is -0.144. The molecule has 0 bridgehead atoms. The molecule has 0 amide bonds. The van der Waals surface area contributed by atoms with E-state index in [1.165, 1.54) is 12.8 Å². The third kappa shape index (κ3) is 8.96. The maximum Gasteiger partial charge on any atom is 0.309 e. The van der Waals surface area contributed by atoms with Crippen LogP contribution in [0.3, 0.4) is 0 Å². The summed E-state index contributed by atoms with van der Waals surface area (Å²) in [6, 6.07) is 0. The second-order valence-corrected chi connectivity index (χ2v) is 8.59. The minimum atomic E-state index is -0.319. The van der Waals surface area contributed by atoms with Crippen LogP contribution in [0, 0.1) is 23.7 Å². The van der Waals surface area contributed by atoms with Gasteiger partial charge in [0.2, 0.25) is 0 Å². The molecule has 0 N–H and O–H groups in total. The van der Waals surface area contributed by atoms with Crippen LogP contribution in [0.1, 0.15) is 105 Å². The Morgan fingerprint density at radius 1 is 0.750 bits per heavy atom. The summed E-state index contributed by atoms with van der Waals surface area (Å²) in [7, 11) is 0. The van der Waals surface area contributed by atoms with E-state index in [2.05, 4.69) is 27.7 Å². The highest BCUT2D eigenvalue weighted by Gasteiger charge is 2.38. The van der Waals surface area contributed by atoms with E-state index >= 15 is 0 Å². The second kappa shape index (κ2) is 14.9. The molecule has 1 aliphatic carbocycles. The lowest BCUT2D eigenvalue weighted by atomic mass is 9.79. The van der Waals surface area contributed by atoms with E-state index in [1.54, 1.807) is 0 Å². The SMILES string of the molecule is CCCCC(CC)COC(=O)[C@H]1CCCC[C@@H]1C(=O)OCC(CC)CCCC. The van der Waals surface area contributed by atoms with Gasteiger partial charge in [0, 0.05) is 0 Å². The number of unbranched alkanes of at least 4 members (excludes halogenated alkanes) is 2. The number of rotatable bonds is 14. The van der Waals surface area contributed by atoms with Crippen LogP contribution in [0.4, 0.5) is 0 Å². The van der Waals surface area contributed by atoms with Gasteiger partial charge >= 0.3 is 11.9 Å². The molecule has 0 aromatic heterocycles. The summed E-state index contributed by atoms with van der Waals surface area (Å²) in [5.41, 5.74) is 0. The van der Waals surface area contributed by atoms with Crippen molar-refractivity contribution in [2.45, 2.75) is 105 Å². The van der Waals surface area contributed by atoms with Crippen molar-refractivity contribution >= 4 is 11.9 Å². The molecule has 2 unspecified atom stereocenters. The van der Waals surface area contributed by atoms with Crippen LogP contribution in [-0.4, -0.2) is 25.2 Å². The lowest BCUT2D eigenvalue weighted by molar-refractivity contribution is -0.164. The maximum atomic E-state index is 12.7. The third-order valence-corrected chi connectivity index (χ3v) is 6.38. The molecule has 164 valence electrons. The molecular formula is C24H44O4. The first-order chi connectivity index (χ1) is 13.6. The summed E-state index contributed by atoms with van der Waals surface area (Å²) in [6.45, 7) is 9.64. The molecule has 4 heteroatoms. The van der Waals surface area contributed by atoms with Gasteiger partial charge in [0.25, 0.3) is 0 Å². The molecular weight excluding hydrogens is 352 g/mol. The highest BCUT2D eigenvalue weighted by atomic mass is 16.5. The Kier molecular flexibility index (Phi) is 13.3. The highest BCUT2D eigenvalue weighted by molar-refractivity contribution is 5.82. The van der Waals surface area contributed by atoms with Gasteiger partial charge in [-0.2, -0.15) is 0 Å². The average molecular weight is 397 g/mol. The van der Waals surface area contributed by atoms with Crippen molar-refractivity contribution < 1.29 is 19.1 Å². The Morgan fingerprint density at radius 3 is 1.46 bits per heavy atom. The summed E-state index contributed by atoms with van der Waals surface area (Å²) in [6.07, 6.45) is 12.4. The van der Waals surface area contributed by atoms with Crippen LogP contribution < -0.4 is 0 Å². The van der Waals surface area contributed by atoms with Crippen molar-refractivity contribution in [1.29, 1.82) is 0 Å². The molecule has 1 aliphatic rings. The van der Waals surface area contributed by atoms with Crippen LogP contribution in [0.15, 0.2) is 0 Å². The topological polar surface area (TPSA) is 52.6 Å². The zero-order valence-corrected chi connectivity index (χ0v) is 18.8. The largest absolute Gasteiger partial charge is 0.465 e. The van der Waals surface area contributed by atoms with E-state index in [0.717, 1.165) is 64.2 Å².